The summed E-state index contributed by atoms with van der Waals surface area (Å²) in [6.45, 7) is 7.52. The minimum atomic E-state index is -0.668. The molecule has 0 aromatic heterocycles. The fourth-order valence-corrected chi connectivity index (χ4v) is 0.673. The second kappa shape index (κ2) is 5.66. The van der Waals surface area contributed by atoms with Crippen LogP contribution in [0.4, 0.5) is 4.39 Å². The Hall–Kier alpha value is -0.110. The van der Waals surface area contributed by atoms with Crippen molar-refractivity contribution in [3.63, 3.8) is 0 Å². The van der Waals surface area contributed by atoms with Crippen LogP contribution >= 0.6 is 0 Å². The molecule has 0 spiro atoms. The largest absolute Gasteiger partial charge is 0.314 e. The van der Waals surface area contributed by atoms with Crippen molar-refractivity contribution in [2.24, 2.45) is 5.92 Å². The van der Waals surface area contributed by atoms with Gasteiger partial charge in [0, 0.05) is 6.54 Å². The van der Waals surface area contributed by atoms with E-state index in [1.807, 2.05) is 6.92 Å². The summed E-state index contributed by atoms with van der Waals surface area (Å²) in [6, 6.07) is 0. The monoisotopic (exact) mass is 147 g/mol. The van der Waals surface area contributed by atoms with Crippen molar-refractivity contribution in [3.8, 4) is 0 Å². The summed E-state index contributed by atoms with van der Waals surface area (Å²) in [5.41, 5.74) is 0. The number of rotatable bonds is 5. The molecule has 0 aromatic carbocycles. The highest BCUT2D eigenvalue weighted by Crippen LogP contribution is 1.94. The van der Waals surface area contributed by atoms with Gasteiger partial charge in [0.2, 0.25) is 0 Å². The standard InChI is InChI=1S/C8H18FN/c1-4-8(9)6-10-5-7(2)3/h7-8,10H,4-6H2,1-3H3. The molecule has 0 bridgehead atoms. The molecule has 1 N–H and O–H groups in total. The normalized spacial score (nSPS) is 14.1. The van der Waals surface area contributed by atoms with Crippen LogP contribution in [0.2, 0.25) is 0 Å². The lowest BCUT2D eigenvalue weighted by molar-refractivity contribution is 0.306. The van der Waals surface area contributed by atoms with Crippen molar-refractivity contribution in [3.05, 3.63) is 0 Å². The van der Waals surface area contributed by atoms with Gasteiger partial charge in [-0.05, 0) is 18.9 Å². The molecule has 0 heterocycles. The smallest absolute Gasteiger partial charge is 0.112 e. The maximum atomic E-state index is 12.5. The molecule has 62 valence electrons. The topological polar surface area (TPSA) is 12.0 Å². The van der Waals surface area contributed by atoms with E-state index in [-0.39, 0.29) is 0 Å². The Balaban J connectivity index is 3.03. The van der Waals surface area contributed by atoms with Crippen LogP contribution in [0.25, 0.3) is 0 Å². The summed E-state index contributed by atoms with van der Waals surface area (Å²) in [5, 5.41) is 3.06. The lowest BCUT2D eigenvalue weighted by atomic mass is 10.2. The third-order valence-corrected chi connectivity index (χ3v) is 1.36. The van der Waals surface area contributed by atoms with Crippen LogP contribution in [0.15, 0.2) is 0 Å². The molecule has 0 saturated heterocycles. The summed E-state index contributed by atoms with van der Waals surface area (Å²) < 4.78 is 12.5. The molecule has 0 fully saturated rings. The molecule has 0 radical (unpaired) electrons. The van der Waals surface area contributed by atoms with Crippen molar-refractivity contribution >= 4 is 0 Å². The Bertz CT molecular complexity index is 73.7. The van der Waals surface area contributed by atoms with E-state index in [0.29, 0.717) is 18.9 Å². The molecule has 1 nitrogen and oxygen atoms in total. The van der Waals surface area contributed by atoms with Gasteiger partial charge in [-0.1, -0.05) is 20.8 Å². The summed E-state index contributed by atoms with van der Waals surface area (Å²) in [6.07, 6.45) is -0.0517. The molecule has 0 aliphatic rings. The molecule has 0 saturated carbocycles. The van der Waals surface area contributed by atoms with Gasteiger partial charge < -0.3 is 5.32 Å². The highest BCUT2D eigenvalue weighted by atomic mass is 19.1. The molecule has 2 heteroatoms. The van der Waals surface area contributed by atoms with Gasteiger partial charge in [0.25, 0.3) is 0 Å². The molecule has 0 rings (SSSR count). The lowest BCUT2D eigenvalue weighted by Gasteiger charge is -2.08. The zero-order valence-electron chi connectivity index (χ0n) is 7.15. The summed E-state index contributed by atoms with van der Waals surface area (Å²) in [7, 11) is 0. The van der Waals surface area contributed by atoms with Crippen LogP contribution in [0, 0.1) is 5.92 Å². The van der Waals surface area contributed by atoms with E-state index < -0.39 is 6.17 Å². The zero-order chi connectivity index (χ0) is 7.98. The van der Waals surface area contributed by atoms with Gasteiger partial charge in [-0.2, -0.15) is 0 Å². The molecule has 10 heavy (non-hydrogen) atoms. The Labute approximate surface area is 63.0 Å². The summed E-state index contributed by atoms with van der Waals surface area (Å²) in [5.74, 6) is 0.615. The first-order valence-electron chi connectivity index (χ1n) is 4.01. The van der Waals surface area contributed by atoms with E-state index in [0.717, 1.165) is 6.54 Å². The number of alkyl halides is 1. The summed E-state index contributed by atoms with van der Waals surface area (Å²) in [4.78, 5) is 0. The minimum Gasteiger partial charge on any atom is -0.314 e. The second-order valence-corrected chi connectivity index (χ2v) is 3.06. The minimum absolute atomic E-state index is 0.509. The molecule has 0 aromatic rings. The van der Waals surface area contributed by atoms with Gasteiger partial charge in [0.15, 0.2) is 0 Å². The number of halogens is 1. The van der Waals surface area contributed by atoms with Gasteiger partial charge in [0.1, 0.15) is 6.17 Å². The number of hydrogen-bond acceptors (Lipinski definition) is 1. The number of hydrogen-bond donors (Lipinski definition) is 1. The SMILES string of the molecule is CCC(F)CNCC(C)C. The Morgan fingerprint density at radius 3 is 2.30 bits per heavy atom. The van der Waals surface area contributed by atoms with E-state index in [4.69, 9.17) is 0 Å². The zero-order valence-corrected chi connectivity index (χ0v) is 7.15. The van der Waals surface area contributed by atoms with Crippen molar-refractivity contribution in [2.75, 3.05) is 13.1 Å². The lowest BCUT2D eigenvalue weighted by Crippen LogP contribution is -2.26. The van der Waals surface area contributed by atoms with Crippen molar-refractivity contribution in [1.29, 1.82) is 0 Å². The van der Waals surface area contributed by atoms with Gasteiger partial charge in [0.05, 0.1) is 0 Å². The van der Waals surface area contributed by atoms with Crippen molar-refractivity contribution in [1.82, 2.24) is 5.32 Å². The Morgan fingerprint density at radius 2 is 1.90 bits per heavy atom. The van der Waals surface area contributed by atoms with Gasteiger partial charge in [-0.15, -0.1) is 0 Å². The maximum absolute atomic E-state index is 12.5. The molecular weight excluding hydrogens is 129 g/mol. The first kappa shape index (κ1) is 9.89. The van der Waals surface area contributed by atoms with E-state index >= 15 is 0 Å². The quantitative estimate of drug-likeness (QED) is 0.627. The van der Waals surface area contributed by atoms with E-state index in [1.165, 1.54) is 0 Å². The fraction of sp³-hybridized carbons (Fsp3) is 1.00. The highest BCUT2D eigenvalue weighted by molar-refractivity contribution is 4.58. The second-order valence-electron chi connectivity index (χ2n) is 3.06. The highest BCUT2D eigenvalue weighted by Gasteiger charge is 2.01. The van der Waals surface area contributed by atoms with Gasteiger partial charge >= 0.3 is 0 Å². The van der Waals surface area contributed by atoms with Gasteiger partial charge in [-0.25, -0.2) is 4.39 Å². The molecular formula is C8H18FN. The Kier molecular flexibility index (Phi) is 5.60. The van der Waals surface area contributed by atoms with Crippen LogP contribution < -0.4 is 5.32 Å². The molecule has 1 atom stereocenters. The van der Waals surface area contributed by atoms with Crippen LogP contribution in [-0.4, -0.2) is 19.3 Å². The molecule has 0 aliphatic heterocycles. The predicted molar refractivity (Wildman–Crippen MR) is 42.9 cm³/mol. The average molecular weight is 147 g/mol. The van der Waals surface area contributed by atoms with Crippen LogP contribution in [0.1, 0.15) is 27.2 Å². The Morgan fingerprint density at radius 1 is 1.30 bits per heavy atom. The third-order valence-electron chi connectivity index (χ3n) is 1.36. The fourth-order valence-electron chi connectivity index (χ4n) is 0.673. The van der Waals surface area contributed by atoms with E-state index in [1.54, 1.807) is 0 Å². The van der Waals surface area contributed by atoms with Crippen molar-refractivity contribution in [2.45, 2.75) is 33.4 Å². The average Bonchev–Trinajstić information content (AvgIpc) is 1.87. The first-order valence-corrected chi connectivity index (χ1v) is 4.01. The summed E-state index contributed by atoms with van der Waals surface area (Å²) >= 11 is 0. The van der Waals surface area contributed by atoms with Crippen LogP contribution in [0.3, 0.4) is 0 Å². The van der Waals surface area contributed by atoms with E-state index in [2.05, 4.69) is 19.2 Å². The molecule has 0 aliphatic carbocycles. The molecule has 1 unspecified atom stereocenters. The molecule has 0 amide bonds. The maximum Gasteiger partial charge on any atom is 0.112 e. The van der Waals surface area contributed by atoms with E-state index in [9.17, 15) is 4.39 Å². The van der Waals surface area contributed by atoms with Crippen LogP contribution in [0.5, 0.6) is 0 Å². The van der Waals surface area contributed by atoms with Gasteiger partial charge in [-0.3, -0.25) is 0 Å². The predicted octanol–water partition coefficient (Wildman–Crippen LogP) is 1.98. The van der Waals surface area contributed by atoms with Crippen molar-refractivity contribution < 1.29 is 4.39 Å². The first-order chi connectivity index (χ1) is 4.66. The number of nitrogens with one attached hydrogen (secondary N) is 1. The van der Waals surface area contributed by atoms with Crippen LogP contribution in [-0.2, 0) is 0 Å². The third kappa shape index (κ3) is 6.02.